The standard InChI is InChI=1S/C17H17ClF3NO5S/c1-3-26-16(24)12(17(25)27-4-2)15(28-8-9(23)7-18)22-11-6-5-10(19)13(20)14(11)21/h5-6,12H,3-4,7-8H2,1-2H3. The Morgan fingerprint density at radius 1 is 1.07 bits per heavy atom. The Bertz CT molecular complexity index is 757. The van der Waals surface area contributed by atoms with Crippen molar-refractivity contribution in [1.29, 1.82) is 0 Å². The van der Waals surface area contributed by atoms with E-state index in [1.54, 1.807) is 0 Å². The molecule has 0 heterocycles. The van der Waals surface area contributed by atoms with Crippen molar-refractivity contribution in [3.8, 4) is 0 Å². The monoisotopic (exact) mass is 439 g/mol. The summed E-state index contributed by atoms with van der Waals surface area (Å²) in [7, 11) is 0. The third kappa shape index (κ3) is 6.52. The molecule has 0 aromatic heterocycles. The van der Waals surface area contributed by atoms with Gasteiger partial charge in [0.05, 0.1) is 24.8 Å². The van der Waals surface area contributed by atoms with Gasteiger partial charge in [-0.15, -0.1) is 23.4 Å². The molecule has 0 aliphatic heterocycles. The summed E-state index contributed by atoms with van der Waals surface area (Å²) in [6.07, 6.45) is 0. The molecule has 6 nitrogen and oxygen atoms in total. The average molecular weight is 440 g/mol. The lowest BCUT2D eigenvalue weighted by Crippen LogP contribution is -2.34. The minimum Gasteiger partial charge on any atom is -0.465 e. The minimum atomic E-state index is -1.77. The summed E-state index contributed by atoms with van der Waals surface area (Å²) < 4.78 is 50.3. The van der Waals surface area contributed by atoms with E-state index in [2.05, 4.69) is 4.99 Å². The summed E-state index contributed by atoms with van der Waals surface area (Å²) in [5.41, 5.74) is -0.668. The third-order valence-electron chi connectivity index (χ3n) is 3.07. The molecule has 0 aliphatic rings. The van der Waals surface area contributed by atoms with Gasteiger partial charge in [0.15, 0.2) is 23.2 Å². The maximum Gasteiger partial charge on any atom is 0.327 e. The molecule has 0 bridgehead atoms. The SMILES string of the molecule is CCOC(=O)C(C(=O)OCC)C(=Nc1ccc(F)c(F)c1F)SCC(=O)CCl. The molecule has 0 radical (unpaired) electrons. The first kappa shape index (κ1) is 24.0. The van der Waals surface area contributed by atoms with Crippen molar-refractivity contribution in [2.24, 2.45) is 10.9 Å². The molecule has 1 aromatic rings. The van der Waals surface area contributed by atoms with E-state index in [0.717, 1.165) is 6.07 Å². The summed E-state index contributed by atoms with van der Waals surface area (Å²) in [4.78, 5) is 39.8. The smallest absolute Gasteiger partial charge is 0.327 e. The highest BCUT2D eigenvalue weighted by molar-refractivity contribution is 8.14. The fraction of sp³-hybridized carbons (Fsp3) is 0.412. The topological polar surface area (TPSA) is 82.0 Å². The second-order valence-electron chi connectivity index (χ2n) is 5.04. The van der Waals surface area contributed by atoms with Gasteiger partial charge in [0.1, 0.15) is 10.7 Å². The van der Waals surface area contributed by atoms with E-state index in [-0.39, 0.29) is 29.9 Å². The van der Waals surface area contributed by atoms with Crippen LogP contribution >= 0.6 is 23.4 Å². The van der Waals surface area contributed by atoms with Crippen molar-refractivity contribution in [2.75, 3.05) is 24.8 Å². The molecule has 0 spiro atoms. The number of hydrogen-bond acceptors (Lipinski definition) is 7. The van der Waals surface area contributed by atoms with Gasteiger partial charge in [-0.1, -0.05) is 0 Å². The molecular formula is C17H17ClF3NO5S. The van der Waals surface area contributed by atoms with Gasteiger partial charge < -0.3 is 9.47 Å². The number of ether oxygens (including phenoxy) is 2. The van der Waals surface area contributed by atoms with Crippen LogP contribution in [0.3, 0.4) is 0 Å². The number of carbonyl (C=O) groups excluding carboxylic acids is 3. The Morgan fingerprint density at radius 2 is 1.64 bits per heavy atom. The maximum atomic E-state index is 14.0. The second-order valence-corrected chi connectivity index (χ2v) is 6.31. The lowest BCUT2D eigenvalue weighted by Gasteiger charge is -2.16. The zero-order valence-corrected chi connectivity index (χ0v) is 16.5. The van der Waals surface area contributed by atoms with Crippen molar-refractivity contribution >= 4 is 51.8 Å². The van der Waals surface area contributed by atoms with Crippen LogP contribution in [0.2, 0.25) is 0 Å². The van der Waals surface area contributed by atoms with E-state index in [0.29, 0.717) is 17.8 Å². The predicted octanol–water partition coefficient (Wildman–Crippen LogP) is 3.42. The van der Waals surface area contributed by atoms with Gasteiger partial charge in [-0.2, -0.15) is 0 Å². The van der Waals surface area contributed by atoms with E-state index >= 15 is 0 Å². The first-order valence-electron chi connectivity index (χ1n) is 8.02. The number of nitrogens with zero attached hydrogens (tertiary/aromatic N) is 1. The van der Waals surface area contributed by atoms with Crippen molar-refractivity contribution < 1.29 is 37.0 Å². The Labute approximate surface area is 168 Å². The number of rotatable bonds is 9. The van der Waals surface area contributed by atoms with Crippen molar-refractivity contribution in [1.82, 2.24) is 0 Å². The van der Waals surface area contributed by atoms with Gasteiger partial charge in [0.25, 0.3) is 0 Å². The molecule has 28 heavy (non-hydrogen) atoms. The van der Waals surface area contributed by atoms with Gasteiger partial charge in [-0.3, -0.25) is 14.4 Å². The van der Waals surface area contributed by atoms with Crippen molar-refractivity contribution in [3.63, 3.8) is 0 Å². The lowest BCUT2D eigenvalue weighted by molar-refractivity contribution is -0.157. The van der Waals surface area contributed by atoms with Crippen LogP contribution in [0.1, 0.15) is 13.8 Å². The molecule has 0 atom stereocenters. The molecule has 0 unspecified atom stereocenters. The van der Waals surface area contributed by atoms with Crippen molar-refractivity contribution in [2.45, 2.75) is 13.8 Å². The van der Waals surface area contributed by atoms with Crippen LogP contribution in [-0.2, 0) is 23.9 Å². The fourth-order valence-electron chi connectivity index (χ4n) is 1.84. The Hall–Kier alpha value is -2.07. The first-order chi connectivity index (χ1) is 13.3. The summed E-state index contributed by atoms with van der Waals surface area (Å²) in [5.74, 6) is -9.76. The van der Waals surface area contributed by atoms with Crippen LogP contribution in [0.5, 0.6) is 0 Å². The lowest BCUT2D eigenvalue weighted by atomic mass is 10.1. The van der Waals surface area contributed by atoms with E-state index in [9.17, 15) is 27.6 Å². The summed E-state index contributed by atoms with van der Waals surface area (Å²) in [6.45, 7) is 2.84. The predicted molar refractivity (Wildman–Crippen MR) is 98.4 cm³/mol. The van der Waals surface area contributed by atoms with Crippen molar-refractivity contribution in [3.05, 3.63) is 29.6 Å². The average Bonchev–Trinajstić information content (AvgIpc) is 2.66. The van der Waals surface area contributed by atoms with Crippen LogP contribution in [0.15, 0.2) is 17.1 Å². The van der Waals surface area contributed by atoms with Crippen LogP contribution in [-0.4, -0.2) is 47.6 Å². The number of ketones is 1. The van der Waals surface area contributed by atoms with Gasteiger partial charge in [-0.25, -0.2) is 18.2 Å². The molecule has 0 fully saturated rings. The molecule has 0 N–H and O–H groups in total. The largest absolute Gasteiger partial charge is 0.465 e. The third-order valence-corrected chi connectivity index (χ3v) is 4.45. The molecule has 154 valence electrons. The fourth-order valence-corrected chi connectivity index (χ4v) is 2.98. The van der Waals surface area contributed by atoms with Gasteiger partial charge in [0, 0.05) is 0 Å². The van der Waals surface area contributed by atoms with Crippen LogP contribution in [0, 0.1) is 23.4 Å². The highest BCUT2D eigenvalue weighted by Crippen LogP contribution is 2.27. The zero-order chi connectivity index (χ0) is 21.3. The minimum absolute atomic E-state index is 0.0766. The number of carbonyl (C=O) groups is 3. The number of thioether (sulfide) groups is 1. The number of alkyl halides is 1. The van der Waals surface area contributed by atoms with E-state index < -0.39 is 46.8 Å². The maximum absolute atomic E-state index is 14.0. The number of esters is 2. The molecule has 11 heteroatoms. The van der Waals surface area contributed by atoms with Crippen LogP contribution in [0.25, 0.3) is 0 Å². The summed E-state index contributed by atoms with van der Waals surface area (Å²) >= 11 is 6.04. The molecule has 0 amide bonds. The van der Waals surface area contributed by atoms with E-state index in [4.69, 9.17) is 21.1 Å². The highest BCUT2D eigenvalue weighted by Gasteiger charge is 2.36. The quantitative estimate of drug-likeness (QED) is 0.146. The van der Waals surface area contributed by atoms with Gasteiger partial charge in [-0.05, 0) is 26.0 Å². The molecular weight excluding hydrogens is 423 g/mol. The Morgan fingerprint density at radius 3 is 2.14 bits per heavy atom. The van der Waals surface area contributed by atoms with E-state index in [1.807, 2.05) is 0 Å². The van der Waals surface area contributed by atoms with Gasteiger partial charge in [0.2, 0.25) is 5.92 Å². The summed E-state index contributed by atoms with van der Waals surface area (Å²) in [5, 5.41) is -0.375. The molecule has 0 saturated carbocycles. The normalized spacial score (nSPS) is 11.5. The van der Waals surface area contributed by atoms with Gasteiger partial charge >= 0.3 is 11.9 Å². The Kier molecular flexibility index (Phi) is 10.0. The number of hydrogen-bond donors (Lipinski definition) is 0. The number of Topliss-reactive ketones (excluding diaryl/α,β-unsaturated/α-hetero) is 1. The van der Waals surface area contributed by atoms with E-state index in [1.165, 1.54) is 13.8 Å². The zero-order valence-electron chi connectivity index (χ0n) is 15.0. The van der Waals surface area contributed by atoms with Crippen LogP contribution in [0.4, 0.5) is 18.9 Å². The molecule has 0 aliphatic carbocycles. The summed E-state index contributed by atoms with van der Waals surface area (Å²) in [6, 6.07) is 1.46. The molecule has 0 saturated heterocycles. The molecule has 1 rings (SSSR count). The van der Waals surface area contributed by atoms with Crippen LogP contribution < -0.4 is 0 Å². The first-order valence-corrected chi connectivity index (χ1v) is 9.54. The Balaban J connectivity index is 3.45. The highest BCUT2D eigenvalue weighted by atomic mass is 35.5. The number of benzene rings is 1. The number of halogens is 4. The second kappa shape index (κ2) is 11.7. The molecule has 1 aromatic carbocycles. The number of aliphatic imine (C=N–C) groups is 1.